The molecule has 198 valence electrons. The second-order valence-corrected chi connectivity index (χ2v) is 11.5. The van der Waals surface area contributed by atoms with E-state index in [1.807, 2.05) is 13.8 Å². The van der Waals surface area contributed by atoms with Crippen LogP contribution in [0.15, 0.2) is 54.6 Å². The molecule has 0 fully saturated rings. The summed E-state index contributed by atoms with van der Waals surface area (Å²) in [5.74, 6) is 2.42. The Labute approximate surface area is 221 Å². The molecule has 0 aliphatic heterocycles. The number of fused-ring (bicyclic) bond motifs is 1. The zero-order valence-corrected chi connectivity index (χ0v) is 24.7. The van der Waals surface area contributed by atoms with Gasteiger partial charge in [0.05, 0.1) is 11.2 Å². The minimum atomic E-state index is 0.604. The van der Waals surface area contributed by atoms with Crippen LogP contribution >= 0.6 is 0 Å². The Morgan fingerprint density at radius 1 is 0.583 bits per heavy atom. The van der Waals surface area contributed by atoms with Gasteiger partial charge in [-0.25, -0.2) is 4.98 Å². The van der Waals surface area contributed by atoms with Crippen molar-refractivity contribution in [2.75, 3.05) is 36.0 Å². The summed E-state index contributed by atoms with van der Waals surface area (Å²) in [7, 11) is 0. The molecule has 36 heavy (non-hydrogen) atoms. The van der Waals surface area contributed by atoms with Crippen molar-refractivity contribution in [3.05, 3.63) is 54.6 Å². The average molecular weight is 490 g/mol. The van der Waals surface area contributed by atoms with Gasteiger partial charge in [-0.2, -0.15) is 0 Å². The maximum atomic E-state index is 5.05. The summed E-state index contributed by atoms with van der Waals surface area (Å²) in [5, 5.41) is 1.19. The number of nitrogens with zero attached hydrogens (tertiary/aromatic N) is 3. The van der Waals surface area contributed by atoms with E-state index in [2.05, 4.69) is 120 Å². The molecule has 3 rings (SSSR count). The highest BCUT2D eigenvalue weighted by molar-refractivity contribution is 5.83. The molecule has 0 bridgehead atoms. The van der Waals surface area contributed by atoms with Gasteiger partial charge in [0.2, 0.25) is 0 Å². The van der Waals surface area contributed by atoms with E-state index in [1.54, 1.807) is 0 Å². The second kappa shape index (κ2) is 14.3. The number of para-hydroxylation sites is 1. The fraction of sp³-hybridized carbons (Fsp3) is 0.545. The van der Waals surface area contributed by atoms with Crippen molar-refractivity contribution in [3.8, 4) is 11.3 Å². The molecule has 3 aromatic rings. The largest absolute Gasteiger partial charge is 0.371 e. The maximum Gasteiger partial charge on any atom is 0.0711 e. The van der Waals surface area contributed by atoms with Gasteiger partial charge in [0, 0.05) is 48.5 Å². The first-order chi connectivity index (χ1) is 17.1. The monoisotopic (exact) mass is 489 g/mol. The lowest BCUT2D eigenvalue weighted by molar-refractivity contribution is 0.549. The van der Waals surface area contributed by atoms with Crippen molar-refractivity contribution < 1.29 is 0 Å². The first kappa shape index (κ1) is 29.7. The highest BCUT2D eigenvalue weighted by Crippen LogP contribution is 2.33. The van der Waals surface area contributed by atoms with E-state index in [0.29, 0.717) is 23.7 Å². The van der Waals surface area contributed by atoms with Crippen LogP contribution in [0.4, 0.5) is 11.4 Å². The van der Waals surface area contributed by atoms with Gasteiger partial charge in [0.15, 0.2) is 0 Å². The lowest BCUT2D eigenvalue weighted by atomic mass is 10.0. The van der Waals surface area contributed by atoms with Crippen LogP contribution < -0.4 is 9.80 Å². The maximum absolute atomic E-state index is 5.05. The molecular weight excluding hydrogens is 438 g/mol. The van der Waals surface area contributed by atoms with E-state index in [4.69, 9.17) is 4.98 Å². The van der Waals surface area contributed by atoms with Crippen LogP contribution in [-0.2, 0) is 0 Å². The Bertz CT molecular complexity index is 989. The van der Waals surface area contributed by atoms with Gasteiger partial charge in [-0.1, -0.05) is 93.5 Å². The van der Waals surface area contributed by atoms with Crippen molar-refractivity contribution in [2.24, 2.45) is 23.7 Å². The van der Waals surface area contributed by atoms with E-state index in [-0.39, 0.29) is 0 Å². The van der Waals surface area contributed by atoms with Crippen LogP contribution in [0.5, 0.6) is 0 Å². The van der Waals surface area contributed by atoms with Crippen LogP contribution in [0.1, 0.15) is 69.2 Å². The Hall–Kier alpha value is -2.55. The van der Waals surface area contributed by atoms with Crippen LogP contribution in [0, 0.1) is 23.7 Å². The molecule has 0 aliphatic rings. The van der Waals surface area contributed by atoms with Gasteiger partial charge in [-0.15, -0.1) is 0 Å². The molecule has 0 saturated heterocycles. The summed E-state index contributed by atoms with van der Waals surface area (Å²) in [5.41, 5.74) is 5.91. The van der Waals surface area contributed by atoms with Gasteiger partial charge in [0.25, 0.3) is 0 Å². The highest BCUT2D eigenvalue weighted by atomic mass is 15.2. The van der Waals surface area contributed by atoms with Crippen LogP contribution in [0.25, 0.3) is 22.2 Å². The molecule has 3 nitrogen and oxygen atoms in total. The lowest BCUT2D eigenvalue weighted by Crippen LogP contribution is -2.33. The van der Waals surface area contributed by atoms with Gasteiger partial charge < -0.3 is 9.80 Å². The van der Waals surface area contributed by atoms with Crippen molar-refractivity contribution in [2.45, 2.75) is 69.2 Å². The Balaban J connectivity index is 0.00000222. The number of pyridine rings is 1. The molecule has 0 unspecified atom stereocenters. The minimum absolute atomic E-state index is 0.604. The molecule has 3 heteroatoms. The molecule has 0 radical (unpaired) electrons. The Kier molecular flexibility index (Phi) is 11.8. The summed E-state index contributed by atoms with van der Waals surface area (Å²) in [4.78, 5) is 10.2. The molecule has 0 spiro atoms. The van der Waals surface area contributed by atoms with Crippen LogP contribution in [-0.4, -0.2) is 31.2 Å². The van der Waals surface area contributed by atoms with Gasteiger partial charge in [-0.05, 0) is 54.0 Å². The van der Waals surface area contributed by atoms with Gasteiger partial charge in [0.1, 0.15) is 0 Å². The Morgan fingerprint density at radius 2 is 1.03 bits per heavy atom. The van der Waals surface area contributed by atoms with Crippen molar-refractivity contribution in [3.63, 3.8) is 0 Å². The standard InChI is InChI=1S/C31H45N3.C2H6/c1-22(2)18-33(19-23(3)4)28-15-27(31-14-13-26-11-9-10-12-30(26)32-31)16-29(17-28)34(20-24(5)6)21-25(7)8;1-2/h9-17,22-25H,18-21H2,1-8H3;1-2H3. The molecule has 1 aromatic heterocycles. The van der Waals surface area contributed by atoms with Crippen molar-refractivity contribution in [1.29, 1.82) is 0 Å². The fourth-order valence-corrected chi connectivity index (χ4v) is 4.67. The summed E-state index contributed by atoms with van der Waals surface area (Å²) in [6, 6.07) is 19.9. The first-order valence-corrected chi connectivity index (χ1v) is 14.1. The highest BCUT2D eigenvalue weighted by Gasteiger charge is 2.18. The lowest BCUT2D eigenvalue weighted by Gasteiger charge is -2.33. The molecule has 0 atom stereocenters. The second-order valence-electron chi connectivity index (χ2n) is 11.5. The number of hydrogen-bond donors (Lipinski definition) is 0. The minimum Gasteiger partial charge on any atom is -0.371 e. The van der Waals surface area contributed by atoms with E-state index < -0.39 is 0 Å². The van der Waals surface area contributed by atoms with Gasteiger partial charge in [-0.3, -0.25) is 0 Å². The number of benzene rings is 2. The fourth-order valence-electron chi connectivity index (χ4n) is 4.67. The zero-order valence-electron chi connectivity index (χ0n) is 24.7. The van der Waals surface area contributed by atoms with Crippen molar-refractivity contribution >= 4 is 22.3 Å². The molecular formula is C33H51N3. The van der Waals surface area contributed by atoms with Crippen LogP contribution in [0.2, 0.25) is 0 Å². The zero-order chi connectivity index (χ0) is 26.8. The molecule has 0 N–H and O–H groups in total. The quantitative estimate of drug-likeness (QED) is 0.268. The molecule has 1 heterocycles. The average Bonchev–Trinajstić information content (AvgIpc) is 2.82. The predicted molar refractivity (Wildman–Crippen MR) is 162 cm³/mol. The summed E-state index contributed by atoms with van der Waals surface area (Å²) >= 11 is 0. The number of aromatic nitrogens is 1. The summed E-state index contributed by atoms with van der Waals surface area (Å²) in [6.07, 6.45) is 0. The van der Waals surface area contributed by atoms with E-state index in [1.165, 1.54) is 22.3 Å². The predicted octanol–water partition coefficient (Wildman–Crippen LogP) is 9.16. The third-order valence-corrected chi connectivity index (χ3v) is 5.87. The summed E-state index contributed by atoms with van der Waals surface area (Å²) in [6.45, 7) is 26.7. The first-order valence-electron chi connectivity index (χ1n) is 14.1. The Morgan fingerprint density at radius 3 is 1.47 bits per heavy atom. The van der Waals surface area contributed by atoms with E-state index in [9.17, 15) is 0 Å². The van der Waals surface area contributed by atoms with Crippen molar-refractivity contribution in [1.82, 2.24) is 4.98 Å². The molecule has 2 aromatic carbocycles. The molecule has 0 amide bonds. The number of anilines is 2. The smallest absolute Gasteiger partial charge is 0.0711 e. The number of hydrogen-bond acceptors (Lipinski definition) is 3. The van der Waals surface area contributed by atoms with E-state index >= 15 is 0 Å². The normalized spacial score (nSPS) is 11.4. The molecule has 0 saturated carbocycles. The topological polar surface area (TPSA) is 19.4 Å². The number of rotatable bonds is 11. The third-order valence-electron chi connectivity index (χ3n) is 5.87. The molecule has 0 aliphatic carbocycles. The van der Waals surface area contributed by atoms with Gasteiger partial charge >= 0.3 is 0 Å². The third kappa shape index (κ3) is 8.84. The summed E-state index contributed by atoms with van der Waals surface area (Å²) < 4.78 is 0. The van der Waals surface area contributed by atoms with Crippen LogP contribution in [0.3, 0.4) is 0 Å². The SMILES string of the molecule is CC.CC(C)CN(CC(C)C)c1cc(-c2ccc3ccccc3n2)cc(N(CC(C)C)CC(C)C)c1. The van der Waals surface area contributed by atoms with E-state index in [0.717, 1.165) is 37.4 Å².